The molecule has 0 radical (unpaired) electrons. The molecule has 15 amide bonds. The van der Waals surface area contributed by atoms with Gasteiger partial charge in [0.15, 0.2) is 0 Å². The van der Waals surface area contributed by atoms with Crippen molar-refractivity contribution in [3.05, 3.63) is 0 Å². The van der Waals surface area contributed by atoms with Gasteiger partial charge in [-0.3, -0.25) is 81.5 Å². The molecule has 4 unspecified atom stereocenters. The highest BCUT2D eigenvalue weighted by atomic mass is 16.6. The highest BCUT2D eigenvalue weighted by Crippen LogP contribution is 2.52. The summed E-state index contributed by atoms with van der Waals surface area (Å²) in [6, 6.07) is -15.7. The Morgan fingerprint density at radius 3 is 1.56 bits per heavy atom. The van der Waals surface area contributed by atoms with Crippen LogP contribution in [0.2, 0.25) is 0 Å². The van der Waals surface area contributed by atoms with E-state index in [9.17, 15) is 72.5 Å². The van der Waals surface area contributed by atoms with Crippen molar-refractivity contribution in [1.29, 1.82) is 0 Å². The number of nitrogens with two attached hydrogens (primary N) is 3. The van der Waals surface area contributed by atoms with E-state index < -0.39 is 272 Å². The fourth-order valence-corrected chi connectivity index (χ4v) is 22.4. The van der Waals surface area contributed by atoms with Crippen LogP contribution in [0.4, 0.5) is 0 Å². The Kier molecular flexibility index (Phi) is 56.0. The average molecular weight is 2110 g/mol. The van der Waals surface area contributed by atoms with Crippen molar-refractivity contribution >= 4 is 101 Å². The number of unbranched alkanes of at least 4 members (excludes halogenated alkanes) is 6. The van der Waals surface area contributed by atoms with Gasteiger partial charge in [-0.1, -0.05) is 177 Å². The molecule has 7 aliphatic rings. The standard InChI is InChI=1S/C107H185N17O25/c1-15-19-21-33-46-82(146-61-64(6)113-94(130)63(5)60-144-51-36-50-108)65(7)105(141)124(14)81(45-35-52-145-69(11)89-101(137)112-58-86(127)148-83(47-34-22-20-16-2)66(8)106(142)122(12)79(37-17-3)98(134)120-91(72-41-29-25-30-42-72)103(139)115-77(59-125)96(132)118-89)99(135)121-92(73-43-31-26-32-44-73)104(140)116-78(93(110)129)62-147-85-55-70-53-74(75(85)54-70)48-49-84-67(9)107(143)123(13)80(38-18-4)97(133)119-90(71-39-27-23-24-28-40-71)102(138)114-76(56-109)95(131)117-88(68(10)126)100(136)111-57-87(128)149-84/h63-85,88-92,125-126H,15-62,108-109H2,1-14H3,(H2,110,129)(H,111,136)(H,112,137)(H,113,130)(H,114,138)(H,115,139)(H,116,140)(H,117,131)(H,118,132)(H,119,133)(H,120,134)(H,121,135)/t63-,64+,65+,66+,67+,68-,69-,70?,74?,75?,76-,77-,78-,79-,80-,81-,82+,83+,84+,85?,88-,89-,90-,91-,92-/m0/s1. The molecule has 149 heavy (non-hydrogen) atoms. The van der Waals surface area contributed by atoms with Gasteiger partial charge in [-0.05, 0) is 185 Å². The van der Waals surface area contributed by atoms with Crippen molar-refractivity contribution in [2.24, 2.45) is 76.4 Å². The summed E-state index contributed by atoms with van der Waals surface area (Å²) in [6.45, 7) is 16.3. The lowest BCUT2D eigenvalue weighted by molar-refractivity contribution is -0.158. The molecule has 42 nitrogen and oxygen atoms in total. The summed E-state index contributed by atoms with van der Waals surface area (Å²) in [5.41, 5.74) is 18.0. The summed E-state index contributed by atoms with van der Waals surface area (Å²) >= 11 is 0. The molecular weight excluding hydrogens is 1920 g/mol. The van der Waals surface area contributed by atoms with Gasteiger partial charge in [0.2, 0.25) is 88.6 Å². The normalized spacial score (nSPS) is 27.8. The zero-order valence-electron chi connectivity index (χ0n) is 91.5. The van der Waals surface area contributed by atoms with Gasteiger partial charge >= 0.3 is 11.9 Å². The van der Waals surface area contributed by atoms with E-state index in [-0.39, 0.29) is 87.9 Å². The molecule has 42 heteroatoms. The van der Waals surface area contributed by atoms with E-state index in [0.717, 1.165) is 89.9 Å². The van der Waals surface area contributed by atoms with E-state index in [1.807, 2.05) is 20.8 Å². The molecule has 5 aliphatic carbocycles. The third-order valence-corrected chi connectivity index (χ3v) is 31.6. The monoisotopic (exact) mass is 2110 g/mol. The summed E-state index contributed by atoms with van der Waals surface area (Å²) in [7, 11) is 4.44. The highest BCUT2D eigenvalue weighted by molar-refractivity contribution is 5.99. The predicted octanol–water partition coefficient (Wildman–Crippen LogP) is 4.11. The maximum atomic E-state index is 15.9. The molecule has 2 saturated heterocycles. The first-order valence-electron chi connectivity index (χ1n) is 56.1. The van der Waals surface area contributed by atoms with Crippen molar-refractivity contribution in [3.8, 4) is 0 Å². The van der Waals surface area contributed by atoms with Crippen LogP contribution < -0.4 is 75.7 Å². The van der Waals surface area contributed by atoms with Crippen molar-refractivity contribution in [2.45, 2.75) is 429 Å². The minimum absolute atomic E-state index is 0.00393. The van der Waals surface area contributed by atoms with Crippen LogP contribution in [0.3, 0.4) is 0 Å². The summed E-state index contributed by atoms with van der Waals surface area (Å²) in [4.78, 5) is 252. The topological polar surface area (TPSA) is 606 Å². The first-order valence-corrected chi connectivity index (χ1v) is 56.1. The average Bonchev–Trinajstić information content (AvgIpc) is 1.64. The summed E-state index contributed by atoms with van der Waals surface area (Å²) < 4.78 is 37.7. The number of ether oxygens (including phenoxy) is 6. The number of rotatable bonds is 50. The van der Waals surface area contributed by atoms with Gasteiger partial charge in [0, 0.05) is 46.9 Å². The first kappa shape index (κ1) is 127. The Morgan fingerprint density at radius 2 is 1.03 bits per heavy atom. The molecular formula is C107H185N17O25. The number of primary amides is 1. The minimum Gasteiger partial charge on any atom is -0.460 e. The number of fused-ring (bicyclic) bond motifs is 2. The Morgan fingerprint density at radius 1 is 0.510 bits per heavy atom. The Balaban J connectivity index is 1.16. The van der Waals surface area contributed by atoms with E-state index in [2.05, 4.69) is 65.4 Å². The zero-order valence-corrected chi connectivity index (χ0v) is 91.5. The largest absolute Gasteiger partial charge is 0.460 e. The number of hydrogen-bond acceptors (Lipinski definition) is 27. The molecule has 7 rings (SSSR count). The van der Waals surface area contributed by atoms with Crippen molar-refractivity contribution in [1.82, 2.24) is 73.2 Å². The maximum absolute atomic E-state index is 15.9. The van der Waals surface area contributed by atoms with E-state index in [1.54, 1.807) is 34.6 Å². The predicted molar refractivity (Wildman–Crippen MR) is 556 cm³/mol. The number of aliphatic hydroxyl groups excluding tert-OH is 2. The highest BCUT2D eigenvalue weighted by Gasteiger charge is 2.50. The van der Waals surface area contributed by atoms with Gasteiger partial charge < -0.3 is 129 Å². The Labute approximate surface area is 882 Å². The van der Waals surface area contributed by atoms with E-state index >= 15 is 19.2 Å². The van der Waals surface area contributed by atoms with Crippen molar-refractivity contribution < 1.29 is 120 Å². The van der Waals surface area contributed by atoms with Gasteiger partial charge in [-0.25, -0.2) is 0 Å². The number of aliphatic hydroxyl groups is 2. The summed E-state index contributed by atoms with van der Waals surface area (Å²) in [6.07, 6.45) is 16.1. The number of carbonyl (C=O) groups excluding carboxylic acids is 17. The molecule has 848 valence electrons. The van der Waals surface area contributed by atoms with Gasteiger partial charge in [0.25, 0.3) is 0 Å². The summed E-state index contributed by atoms with van der Waals surface area (Å²) in [5.74, 6) is -17.7. The lowest BCUT2D eigenvalue weighted by Gasteiger charge is -2.36. The Bertz CT molecular complexity index is 4250. The van der Waals surface area contributed by atoms with Crippen LogP contribution >= 0.6 is 0 Å². The number of carbonyl (C=O) groups is 17. The molecule has 0 spiro atoms. The number of esters is 2. The summed E-state index contributed by atoms with van der Waals surface area (Å²) in [5, 5.41) is 52.0. The molecule has 5 saturated carbocycles. The third-order valence-electron chi connectivity index (χ3n) is 31.6. The van der Waals surface area contributed by atoms with E-state index in [0.29, 0.717) is 129 Å². The lowest BCUT2D eigenvalue weighted by atomic mass is 9.82. The molecule has 0 aromatic heterocycles. The fourth-order valence-electron chi connectivity index (χ4n) is 22.4. The van der Waals surface area contributed by atoms with E-state index in [1.165, 1.54) is 49.7 Å². The lowest BCUT2D eigenvalue weighted by Crippen LogP contribution is -2.62. The molecule has 2 aliphatic heterocycles. The smallest absolute Gasteiger partial charge is 0.325 e. The quantitative estimate of drug-likeness (QED) is 0.0231. The van der Waals surface area contributed by atoms with Crippen molar-refractivity contribution in [2.75, 3.05) is 87.0 Å². The van der Waals surface area contributed by atoms with Gasteiger partial charge in [0.05, 0.1) is 74.5 Å². The number of hydrogen-bond donors (Lipinski definition) is 16. The van der Waals surface area contributed by atoms with Gasteiger partial charge in [-0.2, -0.15) is 0 Å². The number of cyclic esters (lactones) is 2. The molecule has 0 aromatic carbocycles. The van der Waals surface area contributed by atoms with Gasteiger partial charge in [0.1, 0.15) is 91.8 Å². The van der Waals surface area contributed by atoms with Crippen LogP contribution in [0.25, 0.3) is 0 Å². The maximum Gasteiger partial charge on any atom is 0.325 e. The third kappa shape index (κ3) is 39.6. The molecule has 2 heterocycles. The second kappa shape index (κ2) is 65.9. The molecule has 2 bridgehead atoms. The number of likely N-dealkylation sites (N-methyl/N-ethyl adjacent to an activating group) is 3. The van der Waals surface area contributed by atoms with Gasteiger partial charge in [-0.15, -0.1) is 0 Å². The number of amides is 15. The molecule has 7 fully saturated rings. The molecule has 0 aromatic rings. The fraction of sp³-hybridized carbons (Fsp3) is 0.841. The zero-order chi connectivity index (χ0) is 110. The Hall–Kier alpha value is -9.33. The molecule has 25 atom stereocenters. The second-order valence-corrected chi connectivity index (χ2v) is 43.3. The van der Waals surface area contributed by atoms with Crippen LogP contribution in [-0.4, -0.2) is 322 Å². The van der Waals surface area contributed by atoms with Crippen LogP contribution in [0.1, 0.15) is 320 Å². The SMILES string of the molecule is CCCCCC[C@@H](OC[C@@H](C)NC(=O)[C@@H](C)COCCCN)[C@@H](C)C(=O)N(C)[C@@H](CCCO[C@@H](C)[C@@H]1NC(=O)[C@H](CO)NC(=O)[C@H](C2CCCCC2)NC(=O)[C@H](CCC)N(C)C(=O)[C@H](C)[C@@H](CCCCCC)OC(=O)CNC1=O)C(=O)N[C@H](C(=O)N[C@@H](COC1CC2CC(CC[C@H]3OC(=O)CNC(=O)[C@H]([C@H](C)O)NC(=O)[C@H](CN)NC(=O)[C@H](C4CCCCCC4)NC(=O)[C@H](CCC)N(C)C(=O)[C@@H]3C)C1C2)C(N)=O)C1CCCCC1. The first-order chi connectivity index (χ1) is 71.2. The van der Waals surface area contributed by atoms with Crippen LogP contribution in [0, 0.1) is 59.2 Å². The van der Waals surface area contributed by atoms with Crippen LogP contribution in [0.5, 0.6) is 0 Å². The van der Waals surface area contributed by atoms with E-state index in [4.69, 9.17) is 45.6 Å². The molecule has 19 N–H and O–H groups in total. The van der Waals surface area contributed by atoms with Crippen molar-refractivity contribution in [3.63, 3.8) is 0 Å². The van der Waals surface area contributed by atoms with Crippen LogP contribution in [-0.2, 0) is 110 Å². The second-order valence-electron chi connectivity index (χ2n) is 43.3. The minimum atomic E-state index is -1.72. The number of nitrogens with one attached hydrogen (secondary N) is 11. The van der Waals surface area contributed by atoms with Crippen LogP contribution in [0.15, 0.2) is 0 Å². The number of nitrogens with zero attached hydrogens (tertiary/aromatic N) is 3.